The Morgan fingerprint density at radius 3 is 2.30 bits per heavy atom. The van der Waals surface area contributed by atoms with Crippen molar-refractivity contribution in [2.24, 2.45) is 0 Å². The lowest BCUT2D eigenvalue weighted by molar-refractivity contribution is 0.0748. The molecule has 0 saturated heterocycles. The van der Waals surface area contributed by atoms with E-state index >= 15 is 0 Å². The van der Waals surface area contributed by atoms with E-state index in [0.29, 0.717) is 18.8 Å². The summed E-state index contributed by atoms with van der Waals surface area (Å²) in [6.45, 7) is 5.52. The summed E-state index contributed by atoms with van der Waals surface area (Å²) < 4.78 is 0. The lowest BCUT2D eigenvalue weighted by Crippen LogP contribution is -2.33. The van der Waals surface area contributed by atoms with Gasteiger partial charge in [0.2, 0.25) is 0 Å². The largest absolute Gasteiger partial charge is 0.506 e. The highest BCUT2D eigenvalue weighted by molar-refractivity contribution is 6.33. The number of nitrogens with two attached hydrogens (primary N) is 1. The molecular weight excluding hydrogens is 276 g/mol. The van der Waals surface area contributed by atoms with Gasteiger partial charge in [-0.05, 0) is 25.0 Å². The summed E-state index contributed by atoms with van der Waals surface area (Å²) in [6, 6.07) is 2.92. The van der Waals surface area contributed by atoms with Gasteiger partial charge in [0.15, 0.2) is 0 Å². The second kappa shape index (κ2) is 8.00. The smallest absolute Gasteiger partial charge is 0.257 e. The summed E-state index contributed by atoms with van der Waals surface area (Å²) in [5.41, 5.74) is 6.26. The minimum atomic E-state index is -0.210. The molecule has 0 bridgehead atoms. The third kappa shape index (κ3) is 4.30. The second-order valence-corrected chi connectivity index (χ2v) is 5.31. The van der Waals surface area contributed by atoms with Crippen LogP contribution in [0.4, 0.5) is 5.69 Å². The first kappa shape index (κ1) is 16.6. The van der Waals surface area contributed by atoms with Gasteiger partial charge in [0, 0.05) is 18.8 Å². The summed E-state index contributed by atoms with van der Waals surface area (Å²) in [5, 5.41) is 10.1. The van der Waals surface area contributed by atoms with E-state index in [1.807, 2.05) is 0 Å². The molecule has 0 fully saturated rings. The highest BCUT2D eigenvalue weighted by Crippen LogP contribution is 2.31. The van der Waals surface area contributed by atoms with Gasteiger partial charge in [-0.3, -0.25) is 4.79 Å². The van der Waals surface area contributed by atoms with E-state index in [0.717, 1.165) is 25.7 Å². The van der Waals surface area contributed by atoms with Crippen LogP contribution in [-0.2, 0) is 0 Å². The number of anilines is 1. The maximum Gasteiger partial charge on any atom is 0.257 e. The second-order valence-electron chi connectivity index (χ2n) is 4.90. The number of phenols is 1. The van der Waals surface area contributed by atoms with Gasteiger partial charge < -0.3 is 15.7 Å². The molecule has 4 nitrogen and oxygen atoms in total. The number of phenolic OH excluding ortho intramolecular Hbond substituents is 1. The van der Waals surface area contributed by atoms with Gasteiger partial charge in [0.25, 0.3) is 5.91 Å². The van der Waals surface area contributed by atoms with E-state index in [1.165, 1.54) is 12.1 Å². The van der Waals surface area contributed by atoms with Gasteiger partial charge in [-0.25, -0.2) is 0 Å². The molecule has 0 saturated carbocycles. The molecule has 3 N–H and O–H groups in total. The van der Waals surface area contributed by atoms with Crippen LogP contribution in [0.5, 0.6) is 5.75 Å². The Balaban J connectivity index is 2.98. The van der Waals surface area contributed by atoms with Crippen LogP contribution in [0.25, 0.3) is 0 Å². The van der Waals surface area contributed by atoms with Crippen molar-refractivity contribution in [1.82, 2.24) is 4.90 Å². The normalized spacial score (nSPS) is 10.6. The highest BCUT2D eigenvalue weighted by atomic mass is 35.5. The van der Waals surface area contributed by atoms with Crippen molar-refractivity contribution >= 4 is 23.2 Å². The molecule has 0 aliphatic heterocycles. The minimum absolute atomic E-state index is 0.110. The SMILES string of the molecule is CCCCN(CCCC)C(=O)c1cc(N)cc(Cl)c1O. The van der Waals surface area contributed by atoms with Crippen LogP contribution < -0.4 is 5.73 Å². The molecule has 0 spiro atoms. The molecule has 1 aromatic rings. The standard InChI is InChI=1S/C15H23ClN2O2/c1-3-5-7-18(8-6-4-2)15(20)12-9-11(17)10-13(16)14(12)19/h9-10,19H,3-8,17H2,1-2H3. The van der Waals surface area contributed by atoms with E-state index in [4.69, 9.17) is 17.3 Å². The maximum absolute atomic E-state index is 12.5. The van der Waals surface area contributed by atoms with Crippen molar-refractivity contribution in [3.8, 4) is 5.75 Å². The highest BCUT2D eigenvalue weighted by Gasteiger charge is 2.20. The van der Waals surface area contributed by atoms with Crippen LogP contribution >= 0.6 is 11.6 Å². The summed E-state index contributed by atoms with van der Waals surface area (Å²) in [5.74, 6) is -0.400. The van der Waals surface area contributed by atoms with E-state index < -0.39 is 0 Å². The van der Waals surface area contributed by atoms with Gasteiger partial charge in [-0.15, -0.1) is 0 Å². The molecule has 1 aromatic carbocycles. The molecule has 0 aliphatic carbocycles. The fourth-order valence-corrected chi connectivity index (χ4v) is 2.19. The van der Waals surface area contributed by atoms with Gasteiger partial charge in [0.1, 0.15) is 5.75 Å². The monoisotopic (exact) mass is 298 g/mol. The van der Waals surface area contributed by atoms with Crippen LogP contribution in [-0.4, -0.2) is 29.0 Å². The van der Waals surface area contributed by atoms with Gasteiger partial charge in [-0.2, -0.15) is 0 Å². The molecule has 0 unspecified atom stereocenters. The predicted octanol–water partition coefficient (Wildman–Crippen LogP) is 3.67. The molecule has 0 heterocycles. The fraction of sp³-hybridized carbons (Fsp3) is 0.533. The van der Waals surface area contributed by atoms with Crippen LogP contribution in [0.3, 0.4) is 0 Å². The minimum Gasteiger partial charge on any atom is -0.506 e. The van der Waals surface area contributed by atoms with Crippen LogP contribution in [0.2, 0.25) is 5.02 Å². The molecule has 0 radical (unpaired) electrons. The lowest BCUT2D eigenvalue weighted by atomic mass is 10.1. The number of carbonyl (C=O) groups is 1. The van der Waals surface area contributed by atoms with Crippen molar-refractivity contribution in [3.05, 3.63) is 22.7 Å². The zero-order valence-electron chi connectivity index (χ0n) is 12.2. The number of aromatic hydroxyl groups is 1. The fourth-order valence-electron chi connectivity index (χ4n) is 1.97. The van der Waals surface area contributed by atoms with E-state index in [2.05, 4.69) is 13.8 Å². The summed E-state index contributed by atoms with van der Waals surface area (Å²) in [7, 11) is 0. The number of nitrogen functional groups attached to an aromatic ring is 1. The van der Waals surface area contributed by atoms with Crippen LogP contribution in [0.15, 0.2) is 12.1 Å². The van der Waals surface area contributed by atoms with Gasteiger partial charge in [0.05, 0.1) is 10.6 Å². The zero-order valence-corrected chi connectivity index (χ0v) is 12.9. The molecular formula is C15H23ClN2O2. The molecule has 0 atom stereocenters. The Kier molecular flexibility index (Phi) is 6.65. The molecule has 1 rings (SSSR count). The molecule has 0 aromatic heterocycles. The van der Waals surface area contributed by atoms with Crippen LogP contribution in [0, 0.1) is 0 Å². The Labute approximate surface area is 125 Å². The Hall–Kier alpha value is -1.42. The third-order valence-electron chi connectivity index (χ3n) is 3.17. The number of hydrogen-bond donors (Lipinski definition) is 2. The van der Waals surface area contributed by atoms with Crippen LogP contribution in [0.1, 0.15) is 49.9 Å². The summed E-state index contributed by atoms with van der Waals surface area (Å²) >= 11 is 5.88. The van der Waals surface area contributed by atoms with Gasteiger partial charge >= 0.3 is 0 Å². The third-order valence-corrected chi connectivity index (χ3v) is 3.45. The first-order valence-electron chi connectivity index (χ1n) is 7.08. The quantitative estimate of drug-likeness (QED) is 0.596. The van der Waals surface area contributed by atoms with Gasteiger partial charge in [-0.1, -0.05) is 38.3 Å². The molecule has 20 heavy (non-hydrogen) atoms. The molecule has 112 valence electrons. The van der Waals surface area contributed by atoms with Crippen molar-refractivity contribution < 1.29 is 9.90 Å². The average Bonchev–Trinajstić information content (AvgIpc) is 2.42. The number of rotatable bonds is 7. The molecule has 0 aliphatic rings. The lowest BCUT2D eigenvalue weighted by Gasteiger charge is -2.23. The number of nitrogens with zero attached hydrogens (tertiary/aromatic N) is 1. The van der Waals surface area contributed by atoms with E-state index in [-0.39, 0.29) is 22.2 Å². The van der Waals surface area contributed by atoms with E-state index in [9.17, 15) is 9.90 Å². The number of hydrogen-bond acceptors (Lipinski definition) is 3. The summed E-state index contributed by atoms with van der Waals surface area (Å²) in [4.78, 5) is 14.3. The Morgan fingerprint density at radius 2 is 1.80 bits per heavy atom. The average molecular weight is 299 g/mol. The first-order chi connectivity index (χ1) is 9.51. The Bertz CT molecular complexity index is 455. The van der Waals surface area contributed by atoms with Crippen molar-refractivity contribution in [1.29, 1.82) is 0 Å². The number of halogens is 1. The first-order valence-corrected chi connectivity index (χ1v) is 7.46. The molecule has 5 heteroatoms. The predicted molar refractivity (Wildman–Crippen MR) is 83.2 cm³/mol. The van der Waals surface area contributed by atoms with Crippen molar-refractivity contribution in [2.45, 2.75) is 39.5 Å². The number of carbonyl (C=O) groups excluding carboxylic acids is 1. The van der Waals surface area contributed by atoms with E-state index in [1.54, 1.807) is 4.90 Å². The summed E-state index contributed by atoms with van der Waals surface area (Å²) in [6.07, 6.45) is 3.90. The van der Waals surface area contributed by atoms with Crippen molar-refractivity contribution in [2.75, 3.05) is 18.8 Å². The Morgan fingerprint density at radius 1 is 1.25 bits per heavy atom. The topological polar surface area (TPSA) is 66.6 Å². The molecule has 1 amide bonds. The number of amides is 1. The maximum atomic E-state index is 12.5. The zero-order chi connectivity index (χ0) is 15.1. The number of benzene rings is 1. The van der Waals surface area contributed by atoms with Crippen molar-refractivity contribution in [3.63, 3.8) is 0 Å². The number of unbranched alkanes of at least 4 members (excludes halogenated alkanes) is 2.